The summed E-state index contributed by atoms with van der Waals surface area (Å²) in [7, 11) is 0. The molecule has 3 amide bonds. The number of halogens is 3. The lowest BCUT2D eigenvalue weighted by Crippen LogP contribution is -2.51. The minimum atomic E-state index is -4.27. The molecule has 1 aliphatic carbocycles. The maximum Gasteiger partial charge on any atom is 0.394 e. The van der Waals surface area contributed by atoms with Crippen LogP contribution in [0.25, 0.3) is 11.1 Å². The lowest BCUT2D eigenvalue weighted by atomic mass is 9.66. The SMILES string of the molecule is CC1CC(NC(=O)NCc2ccccc2-c2ccccc2C(=O)NCc2ccccn2)CCC1(C)C(F)(F)F. The highest BCUT2D eigenvalue weighted by Gasteiger charge is 2.56. The molecule has 0 saturated heterocycles. The van der Waals surface area contributed by atoms with Crippen molar-refractivity contribution >= 4 is 11.9 Å². The Hall–Kier alpha value is -3.88. The Morgan fingerprint density at radius 1 is 0.949 bits per heavy atom. The predicted molar refractivity (Wildman–Crippen MR) is 144 cm³/mol. The Morgan fingerprint density at radius 2 is 1.64 bits per heavy atom. The molecule has 0 spiro atoms. The molecule has 3 aromatic rings. The van der Waals surface area contributed by atoms with Crippen molar-refractivity contribution < 1.29 is 22.8 Å². The third-order valence-electron chi connectivity index (χ3n) is 7.80. The zero-order valence-corrected chi connectivity index (χ0v) is 22.0. The van der Waals surface area contributed by atoms with Gasteiger partial charge in [0.1, 0.15) is 0 Å². The molecule has 1 fully saturated rings. The van der Waals surface area contributed by atoms with Gasteiger partial charge < -0.3 is 16.0 Å². The number of amides is 3. The normalized spacial score (nSPS) is 21.2. The monoisotopic (exact) mass is 538 g/mol. The van der Waals surface area contributed by atoms with Crippen LogP contribution in [0, 0.1) is 11.3 Å². The smallest absolute Gasteiger partial charge is 0.346 e. The number of aromatic nitrogens is 1. The molecular formula is C30H33F3N4O2. The Morgan fingerprint density at radius 3 is 2.33 bits per heavy atom. The summed E-state index contributed by atoms with van der Waals surface area (Å²) in [5.74, 6) is -0.841. The molecule has 1 aromatic heterocycles. The van der Waals surface area contributed by atoms with Crippen LogP contribution >= 0.6 is 0 Å². The fourth-order valence-corrected chi connectivity index (χ4v) is 5.11. The third-order valence-corrected chi connectivity index (χ3v) is 7.80. The van der Waals surface area contributed by atoms with E-state index in [0.29, 0.717) is 12.1 Å². The average molecular weight is 539 g/mol. The molecular weight excluding hydrogens is 505 g/mol. The molecule has 1 heterocycles. The molecule has 6 nitrogen and oxygen atoms in total. The summed E-state index contributed by atoms with van der Waals surface area (Å²) in [6.07, 6.45) is -2.09. The Labute approximate surface area is 226 Å². The number of benzene rings is 2. The summed E-state index contributed by atoms with van der Waals surface area (Å²) in [6, 6.07) is 19.5. The molecule has 1 aliphatic rings. The van der Waals surface area contributed by atoms with Crippen LogP contribution in [0.15, 0.2) is 72.9 Å². The van der Waals surface area contributed by atoms with Crippen molar-refractivity contribution in [1.29, 1.82) is 0 Å². The Balaban J connectivity index is 1.40. The van der Waals surface area contributed by atoms with Gasteiger partial charge in [-0.1, -0.05) is 62.4 Å². The molecule has 9 heteroatoms. The largest absolute Gasteiger partial charge is 0.394 e. The van der Waals surface area contributed by atoms with Crippen molar-refractivity contribution in [3.63, 3.8) is 0 Å². The molecule has 39 heavy (non-hydrogen) atoms. The standard InChI is InChI=1S/C30H33F3N4O2/c1-20-17-22(14-15-29(20,2)30(31,32)33)37-28(39)36-18-21-9-3-4-11-24(21)25-12-5-6-13-26(25)27(38)35-19-23-10-7-8-16-34-23/h3-13,16,20,22H,14-15,17-19H2,1-2H3,(H,35,38)(H2,36,37,39). The average Bonchev–Trinajstić information content (AvgIpc) is 2.93. The molecule has 0 aliphatic heterocycles. The zero-order valence-electron chi connectivity index (χ0n) is 22.0. The fourth-order valence-electron chi connectivity index (χ4n) is 5.11. The van der Waals surface area contributed by atoms with Gasteiger partial charge in [-0.2, -0.15) is 13.2 Å². The van der Waals surface area contributed by atoms with Crippen LogP contribution in [0.2, 0.25) is 0 Å². The highest BCUT2D eigenvalue weighted by atomic mass is 19.4. The van der Waals surface area contributed by atoms with Crippen LogP contribution in [0.3, 0.4) is 0 Å². The van der Waals surface area contributed by atoms with Crippen LogP contribution in [-0.4, -0.2) is 29.1 Å². The van der Waals surface area contributed by atoms with E-state index < -0.39 is 23.5 Å². The van der Waals surface area contributed by atoms with E-state index in [1.807, 2.05) is 54.6 Å². The zero-order chi connectivity index (χ0) is 28.0. The first-order valence-electron chi connectivity index (χ1n) is 13.0. The number of alkyl halides is 3. The highest BCUT2D eigenvalue weighted by Crippen LogP contribution is 2.51. The predicted octanol–water partition coefficient (Wildman–Crippen LogP) is 6.24. The van der Waals surface area contributed by atoms with E-state index in [-0.39, 0.29) is 37.8 Å². The molecule has 0 radical (unpaired) electrons. The summed E-state index contributed by atoms with van der Waals surface area (Å²) < 4.78 is 40.6. The first-order valence-corrected chi connectivity index (χ1v) is 13.0. The minimum absolute atomic E-state index is 0.0232. The maximum atomic E-state index is 13.5. The number of rotatable bonds is 7. The van der Waals surface area contributed by atoms with E-state index in [1.165, 1.54) is 6.92 Å². The summed E-state index contributed by atoms with van der Waals surface area (Å²) in [6.45, 7) is 3.34. The van der Waals surface area contributed by atoms with Gasteiger partial charge >= 0.3 is 12.2 Å². The first-order chi connectivity index (χ1) is 18.6. The number of carbonyl (C=O) groups excluding carboxylic acids is 2. The summed E-state index contributed by atoms with van der Waals surface area (Å²) in [4.78, 5) is 30.0. The first kappa shape index (κ1) is 28.1. The van der Waals surface area contributed by atoms with Gasteiger partial charge in [0.05, 0.1) is 17.7 Å². The topological polar surface area (TPSA) is 83.1 Å². The van der Waals surface area contributed by atoms with Crippen molar-refractivity contribution in [2.24, 2.45) is 11.3 Å². The van der Waals surface area contributed by atoms with Crippen LogP contribution in [0.5, 0.6) is 0 Å². The number of nitrogens with zero attached hydrogens (tertiary/aromatic N) is 1. The summed E-state index contributed by atoms with van der Waals surface area (Å²) >= 11 is 0. The van der Waals surface area contributed by atoms with E-state index in [4.69, 9.17) is 0 Å². The van der Waals surface area contributed by atoms with Crippen molar-refractivity contribution in [2.75, 3.05) is 0 Å². The van der Waals surface area contributed by atoms with E-state index in [1.54, 1.807) is 25.3 Å². The summed E-state index contributed by atoms with van der Waals surface area (Å²) in [5, 5.41) is 8.59. The van der Waals surface area contributed by atoms with E-state index in [0.717, 1.165) is 22.4 Å². The Bertz CT molecular complexity index is 1300. The molecule has 4 rings (SSSR count). The third kappa shape index (κ3) is 6.58. The summed E-state index contributed by atoms with van der Waals surface area (Å²) in [5.41, 5.74) is 1.83. The lowest BCUT2D eigenvalue weighted by Gasteiger charge is -2.44. The van der Waals surface area contributed by atoms with Crippen molar-refractivity contribution in [3.8, 4) is 11.1 Å². The number of urea groups is 1. The van der Waals surface area contributed by atoms with Gasteiger partial charge in [-0.3, -0.25) is 9.78 Å². The van der Waals surface area contributed by atoms with Gasteiger partial charge in [0.2, 0.25) is 0 Å². The maximum absolute atomic E-state index is 13.5. The van der Waals surface area contributed by atoms with Gasteiger partial charge in [0, 0.05) is 24.3 Å². The van der Waals surface area contributed by atoms with Gasteiger partial charge in [0.25, 0.3) is 5.91 Å². The van der Waals surface area contributed by atoms with Gasteiger partial charge in [-0.15, -0.1) is 0 Å². The van der Waals surface area contributed by atoms with Crippen LogP contribution in [0.1, 0.15) is 54.7 Å². The Kier molecular flexibility index (Phi) is 8.57. The van der Waals surface area contributed by atoms with Crippen molar-refractivity contribution in [3.05, 3.63) is 89.7 Å². The van der Waals surface area contributed by atoms with Crippen LogP contribution < -0.4 is 16.0 Å². The van der Waals surface area contributed by atoms with Crippen LogP contribution in [-0.2, 0) is 13.1 Å². The number of carbonyl (C=O) groups is 2. The molecule has 206 valence electrons. The second-order valence-corrected chi connectivity index (χ2v) is 10.3. The van der Waals surface area contributed by atoms with E-state index >= 15 is 0 Å². The second kappa shape index (κ2) is 11.9. The molecule has 3 N–H and O–H groups in total. The van der Waals surface area contributed by atoms with E-state index in [2.05, 4.69) is 20.9 Å². The number of nitrogens with one attached hydrogen (secondary N) is 3. The fraction of sp³-hybridized carbons (Fsp3) is 0.367. The number of hydrogen-bond donors (Lipinski definition) is 3. The van der Waals surface area contributed by atoms with Crippen LogP contribution in [0.4, 0.5) is 18.0 Å². The minimum Gasteiger partial charge on any atom is -0.346 e. The lowest BCUT2D eigenvalue weighted by molar-refractivity contribution is -0.244. The molecule has 2 aromatic carbocycles. The molecule has 0 bridgehead atoms. The molecule has 3 atom stereocenters. The quantitative estimate of drug-likeness (QED) is 0.333. The van der Waals surface area contributed by atoms with Crippen molar-refractivity contribution in [2.45, 2.75) is 58.4 Å². The van der Waals surface area contributed by atoms with E-state index in [9.17, 15) is 22.8 Å². The molecule has 1 saturated carbocycles. The second-order valence-electron chi connectivity index (χ2n) is 10.3. The molecule has 3 unspecified atom stereocenters. The number of pyridine rings is 1. The van der Waals surface area contributed by atoms with Gasteiger partial charge in [-0.25, -0.2) is 4.79 Å². The van der Waals surface area contributed by atoms with Crippen molar-refractivity contribution in [1.82, 2.24) is 20.9 Å². The van der Waals surface area contributed by atoms with Gasteiger partial charge in [-0.05, 0) is 60.1 Å². The number of hydrogen-bond acceptors (Lipinski definition) is 3. The highest BCUT2D eigenvalue weighted by molar-refractivity contribution is 6.01. The van der Waals surface area contributed by atoms with Gasteiger partial charge in [0.15, 0.2) is 0 Å².